The van der Waals surface area contributed by atoms with Crippen LogP contribution in [-0.4, -0.2) is 35.5 Å². The van der Waals surface area contributed by atoms with E-state index in [1.54, 1.807) is 6.92 Å². The quantitative estimate of drug-likeness (QED) is 0.265. The molecule has 1 aromatic rings. The van der Waals surface area contributed by atoms with Crippen molar-refractivity contribution >= 4 is 17.6 Å². The highest BCUT2D eigenvalue weighted by Crippen LogP contribution is 2.31. The molecule has 0 saturated heterocycles. The number of halogens is 3. The first-order valence-electron chi connectivity index (χ1n) is 5.95. The minimum absolute atomic E-state index is 0.102. The van der Waals surface area contributed by atoms with Crippen molar-refractivity contribution in [1.82, 2.24) is 0 Å². The minimum Gasteiger partial charge on any atom is -0.490 e. The second-order valence-corrected chi connectivity index (χ2v) is 4.88. The van der Waals surface area contributed by atoms with E-state index in [4.69, 9.17) is 20.4 Å². The molecule has 0 unspecified atom stereocenters. The molecule has 0 aliphatic heterocycles. The Morgan fingerprint density at radius 3 is 2.62 bits per heavy atom. The van der Waals surface area contributed by atoms with Gasteiger partial charge in [0.15, 0.2) is 17.3 Å². The van der Waals surface area contributed by atoms with Gasteiger partial charge in [-0.1, -0.05) is 5.16 Å². The Hall–Kier alpha value is -1.77. The second kappa shape index (κ2) is 7.87. The third-order valence-electron chi connectivity index (χ3n) is 2.25. The van der Waals surface area contributed by atoms with Gasteiger partial charge in [-0.15, -0.1) is 0 Å². The van der Waals surface area contributed by atoms with Crippen molar-refractivity contribution in [3.8, 4) is 11.5 Å². The van der Waals surface area contributed by atoms with Gasteiger partial charge >= 0.3 is 5.51 Å². The Morgan fingerprint density at radius 1 is 1.33 bits per heavy atom. The number of hydrogen-bond donors (Lipinski definition) is 2. The summed E-state index contributed by atoms with van der Waals surface area (Å²) in [5.74, 6) is 0.291. The number of thioether (sulfide) groups is 1. The van der Waals surface area contributed by atoms with Crippen LogP contribution in [0, 0.1) is 0 Å². The predicted octanol–water partition coefficient (Wildman–Crippen LogP) is 2.81. The van der Waals surface area contributed by atoms with Crippen LogP contribution in [0.25, 0.3) is 0 Å². The van der Waals surface area contributed by atoms with Gasteiger partial charge in [0.05, 0.1) is 13.2 Å². The fraction of sp³-hybridized carbons (Fsp3) is 0.417. The molecule has 0 aliphatic carbocycles. The van der Waals surface area contributed by atoms with Crippen LogP contribution in [0.3, 0.4) is 0 Å². The largest absolute Gasteiger partial charge is 0.490 e. The molecule has 0 radical (unpaired) electrons. The Balaban J connectivity index is 2.72. The van der Waals surface area contributed by atoms with Gasteiger partial charge in [0, 0.05) is 11.3 Å². The third kappa shape index (κ3) is 6.03. The Kier molecular flexibility index (Phi) is 6.47. The molecule has 0 amide bonds. The van der Waals surface area contributed by atoms with Crippen molar-refractivity contribution in [2.75, 3.05) is 19.0 Å². The van der Waals surface area contributed by atoms with Crippen LogP contribution in [0.15, 0.2) is 23.4 Å². The summed E-state index contributed by atoms with van der Waals surface area (Å²) in [4.78, 5) is 0. The van der Waals surface area contributed by atoms with Crippen molar-refractivity contribution in [2.24, 2.45) is 10.9 Å². The lowest BCUT2D eigenvalue weighted by atomic mass is 10.2. The lowest BCUT2D eigenvalue weighted by Gasteiger charge is -2.13. The monoisotopic (exact) mass is 324 g/mol. The minimum atomic E-state index is -4.28. The molecule has 118 valence electrons. The third-order valence-corrected chi connectivity index (χ3v) is 2.95. The normalized spacial score (nSPS) is 12.3. The molecule has 0 fully saturated rings. The average molecular weight is 324 g/mol. The number of nitrogens with two attached hydrogens (primary N) is 1. The number of ether oxygens (including phenoxy) is 2. The topological polar surface area (TPSA) is 77.1 Å². The molecule has 0 atom stereocenters. The lowest BCUT2D eigenvalue weighted by molar-refractivity contribution is -0.0329. The van der Waals surface area contributed by atoms with Gasteiger partial charge in [0.2, 0.25) is 0 Å². The number of amidine groups is 1. The van der Waals surface area contributed by atoms with E-state index in [-0.39, 0.29) is 30.0 Å². The number of oxime groups is 1. The SMILES string of the molecule is CCOc1cc(/C(N)=N/O)ccc1OCCSC(F)(F)F. The second-order valence-electron chi connectivity index (χ2n) is 3.72. The zero-order chi connectivity index (χ0) is 15.9. The van der Waals surface area contributed by atoms with Crippen LogP contribution in [-0.2, 0) is 0 Å². The van der Waals surface area contributed by atoms with Crippen molar-refractivity contribution in [3.05, 3.63) is 23.8 Å². The van der Waals surface area contributed by atoms with Gasteiger partial charge in [-0.2, -0.15) is 13.2 Å². The summed E-state index contributed by atoms with van der Waals surface area (Å²) in [6, 6.07) is 4.51. The van der Waals surface area contributed by atoms with Crippen molar-refractivity contribution < 1.29 is 27.9 Å². The zero-order valence-corrected chi connectivity index (χ0v) is 12.0. The lowest BCUT2D eigenvalue weighted by Crippen LogP contribution is -2.13. The van der Waals surface area contributed by atoms with E-state index in [2.05, 4.69) is 5.16 Å². The number of benzene rings is 1. The summed E-state index contributed by atoms with van der Waals surface area (Å²) in [7, 11) is 0. The molecular weight excluding hydrogens is 309 g/mol. The van der Waals surface area contributed by atoms with Gasteiger partial charge in [-0.25, -0.2) is 0 Å². The van der Waals surface area contributed by atoms with Crippen LogP contribution in [0.5, 0.6) is 11.5 Å². The van der Waals surface area contributed by atoms with Crippen LogP contribution in [0.2, 0.25) is 0 Å². The standard InChI is InChI=1S/C12H15F3N2O3S/c1-2-19-10-7-8(11(16)17-18)3-4-9(10)20-5-6-21-12(13,14)15/h3-4,7,18H,2,5-6H2,1H3,(H2,16,17). The molecule has 0 aromatic heterocycles. The highest BCUT2D eigenvalue weighted by atomic mass is 32.2. The first-order chi connectivity index (χ1) is 9.87. The fourth-order valence-corrected chi connectivity index (χ4v) is 1.82. The number of hydrogen-bond acceptors (Lipinski definition) is 5. The zero-order valence-electron chi connectivity index (χ0n) is 11.2. The van der Waals surface area contributed by atoms with E-state index in [1.807, 2.05) is 0 Å². The molecule has 1 rings (SSSR count). The summed E-state index contributed by atoms with van der Waals surface area (Å²) in [5, 5.41) is 11.5. The van der Waals surface area contributed by atoms with Crippen molar-refractivity contribution in [2.45, 2.75) is 12.4 Å². The van der Waals surface area contributed by atoms with Crippen LogP contribution < -0.4 is 15.2 Å². The van der Waals surface area contributed by atoms with Gasteiger partial charge in [-0.3, -0.25) is 0 Å². The van der Waals surface area contributed by atoms with Crippen molar-refractivity contribution in [1.29, 1.82) is 0 Å². The number of nitrogens with zero attached hydrogens (tertiary/aromatic N) is 1. The predicted molar refractivity (Wildman–Crippen MR) is 74.1 cm³/mol. The van der Waals surface area contributed by atoms with E-state index in [9.17, 15) is 13.2 Å². The highest BCUT2D eigenvalue weighted by Gasteiger charge is 2.27. The maximum Gasteiger partial charge on any atom is 0.441 e. The van der Waals surface area contributed by atoms with Crippen LogP contribution >= 0.6 is 11.8 Å². The highest BCUT2D eigenvalue weighted by molar-refractivity contribution is 8.00. The maximum atomic E-state index is 12.0. The Labute approximate surface area is 123 Å². The summed E-state index contributed by atoms with van der Waals surface area (Å²) in [6.07, 6.45) is 0. The summed E-state index contributed by atoms with van der Waals surface area (Å²) < 4.78 is 46.6. The molecule has 0 bridgehead atoms. The smallest absolute Gasteiger partial charge is 0.441 e. The van der Waals surface area contributed by atoms with E-state index in [1.165, 1.54) is 18.2 Å². The van der Waals surface area contributed by atoms with Gasteiger partial charge in [0.1, 0.15) is 0 Å². The van der Waals surface area contributed by atoms with Crippen LogP contribution in [0.1, 0.15) is 12.5 Å². The molecule has 5 nitrogen and oxygen atoms in total. The van der Waals surface area contributed by atoms with E-state index < -0.39 is 5.51 Å². The Morgan fingerprint density at radius 2 is 2.05 bits per heavy atom. The van der Waals surface area contributed by atoms with Crippen LogP contribution in [0.4, 0.5) is 13.2 Å². The summed E-state index contributed by atoms with van der Waals surface area (Å²) >= 11 is -0.154. The van der Waals surface area contributed by atoms with E-state index in [0.717, 1.165) is 0 Å². The summed E-state index contributed by atoms with van der Waals surface area (Å²) in [5.41, 5.74) is 1.59. The molecule has 0 spiro atoms. The molecule has 0 heterocycles. The Bertz CT molecular complexity index is 495. The van der Waals surface area contributed by atoms with Crippen molar-refractivity contribution in [3.63, 3.8) is 0 Å². The molecule has 9 heteroatoms. The van der Waals surface area contributed by atoms with E-state index in [0.29, 0.717) is 23.7 Å². The first-order valence-corrected chi connectivity index (χ1v) is 6.94. The number of alkyl halides is 3. The van der Waals surface area contributed by atoms with Gasteiger partial charge in [-0.05, 0) is 36.9 Å². The van der Waals surface area contributed by atoms with Gasteiger partial charge < -0.3 is 20.4 Å². The molecule has 21 heavy (non-hydrogen) atoms. The van der Waals surface area contributed by atoms with Gasteiger partial charge in [0.25, 0.3) is 0 Å². The maximum absolute atomic E-state index is 12.0. The molecular formula is C12H15F3N2O3S. The fourth-order valence-electron chi connectivity index (χ4n) is 1.42. The average Bonchev–Trinajstić information content (AvgIpc) is 2.43. The molecule has 1 aromatic carbocycles. The van der Waals surface area contributed by atoms with E-state index >= 15 is 0 Å². The first kappa shape index (κ1) is 17.3. The molecule has 0 aliphatic rings. The molecule has 0 saturated carbocycles. The summed E-state index contributed by atoms with van der Waals surface area (Å²) in [6.45, 7) is 1.97. The number of rotatable bonds is 7. The molecule has 3 N–H and O–H groups in total.